The van der Waals surface area contributed by atoms with Gasteiger partial charge >= 0.3 is 0 Å². The number of benzene rings is 2. The molecular formula is C16H18FNO2. The molecule has 3 nitrogen and oxygen atoms in total. The largest absolute Gasteiger partial charge is 0.383 e. The molecule has 0 saturated heterocycles. The summed E-state index contributed by atoms with van der Waals surface area (Å²) in [6.07, 6.45) is 0. The van der Waals surface area contributed by atoms with Crippen molar-refractivity contribution in [2.75, 3.05) is 26.8 Å². The standard InChI is InChI=1S/C16H18FNO2/c1-3-18(10-11-20-2)16(19)14-8-9-15(17)13-7-5-4-6-12(13)14/h4-9H,3,10-11H2,1-2H3. The van der Waals surface area contributed by atoms with E-state index in [1.54, 1.807) is 36.3 Å². The minimum Gasteiger partial charge on any atom is -0.383 e. The lowest BCUT2D eigenvalue weighted by Gasteiger charge is -2.21. The zero-order valence-corrected chi connectivity index (χ0v) is 11.7. The van der Waals surface area contributed by atoms with E-state index in [4.69, 9.17) is 4.74 Å². The smallest absolute Gasteiger partial charge is 0.254 e. The van der Waals surface area contributed by atoms with Gasteiger partial charge in [-0.25, -0.2) is 4.39 Å². The summed E-state index contributed by atoms with van der Waals surface area (Å²) >= 11 is 0. The fraction of sp³-hybridized carbons (Fsp3) is 0.312. The number of methoxy groups -OCH3 is 1. The number of halogens is 1. The zero-order chi connectivity index (χ0) is 14.5. The van der Waals surface area contributed by atoms with Crippen molar-refractivity contribution in [2.24, 2.45) is 0 Å². The van der Waals surface area contributed by atoms with Crippen molar-refractivity contribution >= 4 is 16.7 Å². The van der Waals surface area contributed by atoms with Gasteiger partial charge in [-0.3, -0.25) is 4.79 Å². The van der Waals surface area contributed by atoms with Crippen molar-refractivity contribution in [1.82, 2.24) is 4.90 Å². The monoisotopic (exact) mass is 275 g/mol. The van der Waals surface area contributed by atoms with Crippen molar-refractivity contribution in [2.45, 2.75) is 6.92 Å². The molecule has 0 N–H and O–H groups in total. The van der Waals surface area contributed by atoms with Gasteiger partial charge in [-0.2, -0.15) is 0 Å². The number of hydrogen-bond donors (Lipinski definition) is 0. The van der Waals surface area contributed by atoms with E-state index in [9.17, 15) is 9.18 Å². The molecule has 0 aliphatic carbocycles. The van der Waals surface area contributed by atoms with Crippen LogP contribution >= 0.6 is 0 Å². The van der Waals surface area contributed by atoms with E-state index in [1.165, 1.54) is 6.07 Å². The third kappa shape index (κ3) is 2.80. The molecule has 0 aliphatic rings. The Kier molecular flexibility index (Phi) is 4.69. The Labute approximate surface area is 118 Å². The van der Waals surface area contributed by atoms with Gasteiger partial charge in [0.25, 0.3) is 5.91 Å². The predicted molar refractivity (Wildman–Crippen MR) is 77.4 cm³/mol. The van der Waals surface area contributed by atoms with Crippen LogP contribution in [0.2, 0.25) is 0 Å². The number of ether oxygens (including phenoxy) is 1. The number of likely N-dealkylation sites (N-methyl/N-ethyl adjacent to an activating group) is 1. The van der Waals surface area contributed by atoms with Crippen LogP contribution in [-0.2, 0) is 4.74 Å². The second-order valence-electron chi connectivity index (χ2n) is 4.52. The maximum atomic E-state index is 13.8. The number of amides is 1. The number of nitrogens with zero attached hydrogens (tertiary/aromatic N) is 1. The van der Waals surface area contributed by atoms with Crippen LogP contribution in [0.15, 0.2) is 36.4 Å². The van der Waals surface area contributed by atoms with Crippen molar-refractivity contribution < 1.29 is 13.9 Å². The Morgan fingerprint density at radius 3 is 2.55 bits per heavy atom. The molecule has 0 aromatic heterocycles. The van der Waals surface area contributed by atoms with Crippen LogP contribution in [0.5, 0.6) is 0 Å². The van der Waals surface area contributed by atoms with Crippen LogP contribution in [0.4, 0.5) is 4.39 Å². The fourth-order valence-electron chi connectivity index (χ4n) is 2.22. The van der Waals surface area contributed by atoms with Gasteiger partial charge in [-0.15, -0.1) is 0 Å². The van der Waals surface area contributed by atoms with Crippen LogP contribution < -0.4 is 0 Å². The van der Waals surface area contributed by atoms with Gasteiger partial charge in [0, 0.05) is 31.1 Å². The highest BCUT2D eigenvalue weighted by Gasteiger charge is 2.17. The van der Waals surface area contributed by atoms with E-state index in [1.807, 2.05) is 13.0 Å². The molecule has 4 heteroatoms. The molecule has 0 aliphatic heterocycles. The highest BCUT2D eigenvalue weighted by molar-refractivity contribution is 6.07. The summed E-state index contributed by atoms with van der Waals surface area (Å²) in [4.78, 5) is 14.3. The van der Waals surface area contributed by atoms with Crippen molar-refractivity contribution in [1.29, 1.82) is 0 Å². The van der Waals surface area contributed by atoms with Crippen molar-refractivity contribution in [3.05, 3.63) is 47.8 Å². The van der Waals surface area contributed by atoms with Crippen molar-refractivity contribution in [3.63, 3.8) is 0 Å². The van der Waals surface area contributed by atoms with Gasteiger partial charge in [-0.05, 0) is 24.4 Å². The highest BCUT2D eigenvalue weighted by Crippen LogP contribution is 2.23. The normalized spacial score (nSPS) is 10.8. The Morgan fingerprint density at radius 2 is 1.90 bits per heavy atom. The minimum absolute atomic E-state index is 0.0965. The summed E-state index contributed by atoms with van der Waals surface area (Å²) in [7, 11) is 1.60. The van der Waals surface area contributed by atoms with Crippen LogP contribution in [-0.4, -0.2) is 37.6 Å². The van der Waals surface area contributed by atoms with Crippen LogP contribution in [0.1, 0.15) is 17.3 Å². The summed E-state index contributed by atoms with van der Waals surface area (Å²) in [5.41, 5.74) is 0.528. The molecule has 0 spiro atoms. The Hall–Kier alpha value is -1.94. The van der Waals surface area contributed by atoms with Gasteiger partial charge < -0.3 is 9.64 Å². The van der Waals surface area contributed by atoms with E-state index in [0.29, 0.717) is 36.0 Å². The summed E-state index contributed by atoms with van der Waals surface area (Å²) in [6, 6.07) is 9.93. The predicted octanol–water partition coefficient (Wildman–Crippen LogP) is 3.09. The zero-order valence-electron chi connectivity index (χ0n) is 11.7. The number of carbonyl (C=O) groups excluding carboxylic acids is 1. The molecule has 0 bridgehead atoms. The maximum absolute atomic E-state index is 13.8. The second kappa shape index (κ2) is 6.48. The third-order valence-electron chi connectivity index (χ3n) is 3.34. The molecule has 2 aromatic rings. The Balaban J connectivity index is 2.41. The molecular weight excluding hydrogens is 257 g/mol. The first-order chi connectivity index (χ1) is 9.69. The molecule has 20 heavy (non-hydrogen) atoms. The molecule has 0 fully saturated rings. The van der Waals surface area contributed by atoms with E-state index < -0.39 is 0 Å². The van der Waals surface area contributed by atoms with Gasteiger partial charge in [0.05, 0.1) is 6.61 Å². The fourth-order valence-corrected chi connectivity index (χ4v) is 2.22. The average molecular weight is 275 g/mol. The lowest BCUT2D eigenvalue weighted by Crippen LogP contribution is -2.33. The lowest BCUT2D eigenvalue weighted by atomic mass is 10.0. The number of hydrogen-bond acceptors (Lipinski definition) is 2. The Morgan fingerprint density at radius 1 is 1.20 bits per heavy atom. The maximum Gasteiger partial charge on any atom is 0.254 e. The van der Waals surface area contributed by atoms with Crippen LogP contribution in [0, 0.1) is 5.82 Å². The van der Waals surface area contributed by atoms with Crippen molar-refractivity contribution in [3.8, 4) is 0 Å². The minimum atomic E-state index is -0.308. The molecule has 0 radical (unpaired) electrons. The molecule has 2 aromatic carbocycles. The molecule has 0 heterocycles. The number of fused-ring (bicyclic) bond motifs is 1. The average Bonchev–Trinajstić information content (AvgIpc) is 2.48. The van der Waals surface area contributed by atoms with Crippen LogP contribution in [0.25, 0.3) is 10.8 Å². The van der Waals surface area contributed by atoms with Gasteiger partial charge in [0.1, 0.15) is 5.82 Å². The number of rotatable bonds is 5. The molecule has 2 rings (SSSR count). The third-order valence-corrected chi connectivity index (χ3v) is 3.34. The van der Waals surface area contributed by atoms with Crippen LogP contribution in [0.3, 0.4) is 0 Å². The molecule has 0 unspecified atom stereocenters. The SMILES string of the molecule is CCN(CCOC)C(=O)c1ccc(F)c2ccccc12. The van der Waals surface area contributed by atoms with Gasteiger partial charge in [0.2, 0.25) is 0 Å². The molecule has 0 atom stereocenters. The van der Waals surface area contributed by atoms with Gasteiger partial charge in [0.15, 0.2) is 0 Å². The number of carbonyl (C=O) groups is 1. The summed E-state index contributed by atoms with van der Waals surface area (Å²) in [5, 5.41) is 1.12. The topological polar surface area (TPSA) is 29.5 Å². The summed E-state index contributed by atoms with van der Waals surface area (Å²) in [5.74, 6) is -0.405. The first-order valence-corrected chi connectivity index (χ1v) is 6.64. The molecule has 1 amide bonds. The summed E-state index contributed by atoms with van der Waals surface area (Å²) in [6.45, 7) is 3.52. The van der Waals surface area contributed by atoms with E-state index >= 15 is 0 Å². The van der Waals surface area contributed by atoms with E-state index in [-0.39, 0.29) is 11.7 Å². The molecule has 106 valence electrons. The van der Waals surface area contributed by atoms with E-state index in [0.717, 1.165) is 0 Å². The van der Waals surface area contributed by atoms with Gasteiger partial charge in [-0.1, -0.05) is 24.3 Å². The lowest BCUT2D eigenvalue weighted by molar-refractivity contribution is 0.0708. The first kappa shape index (κ1) is 14.5. The quantitative estimate of drug-likeness (QED) is 0.839. The first-order valence-electron chi connectivity index (χ1n) is 6.64. The molecule has 0 saturated carbocycles. The summed E-state index contributed by atoms with van der Waals surface area (Å²) < 4.78 is 18.8. The second-order valence-corrected chi connectivity index (χ2v) is 4.52. The highest BCUT2D eigenvalue weighted by atomic mass is 19.1. The Bertz CT molecular complexity index is 612. The van der Waals surface area contributed by atoms with E-state index in [2.05, 4.69) is 0 Å².